The number of aryl methyl sites for hydroxylation is 1. The number of ether oxygens (including phenoxy) is 2. The topological polar surface area (TPSA) is 178 Å². The first-order valence-electron chi connectivity index (χ1n) is 33.0. The van der Waals surface area contributed by atoms with Gasteiger partial charge in [0.05, 0.1) is 36.3 Å². The van der Waals surface area contributed by atoms with E-state index in [9.17, 15) is 25.5 Å². The normalized spacial score (nSPS) is 47.4. The Morgan fingerprint density at radius 3 is 2.45 bits per heavy atom. The van der Waals surface area contributed by atoms with Gasteiger partial charge in [0.1, 0.15) is 17.8 Å². The third kappa shape index (κ3) is 7.11. The van der Waals surface area contributed by atoms with Crippen LogP contribution in [0, 0.1) is 96.6 Å². The summed E-state index contributed by atoms with van der Waals surface area (Å²) in [5.41, 5.74) is 4.87. The van der Waals surface area contributed by atoms with E-state index in [0.29, 0.717) is 75.3 Å². The molecule has 0 radical (unpaired) electrons. The molecule has 0 aromatic heterocycles. The van der Waals surface area contributed by atoms with Gasteiger partial charge in [0, 0.05) is 64.4 Å². The number of hydrogen-bond donors (Lipinski definition) is 7. The van der Waals surface area contributed by atoms with Crippen LogP contribution in [0.15, 0.2) is 83.3 Å². The second kappa shape index (κ2) is 18.5. The average molecular weight is 1120 g/mol. The quantitative estimate of drug-likeness (QED) is 0.0678. The van der Waals surface area contributed by atoms with E-state index in [1.807, 2.05) is 26.0 Å². The van der Waals surface area contributed by atoms with Crippen molar-refractivity contribution in [1.29, 1.82) is 0 Å². The fourth-order valence-corrected chi connectivity index (χ4v) is 24.4. The predicted octanol–water partition coefficient (Wildman–Crippen LogP) is 10.4. The number of allylic oxidation sites excluding steroid dienone is 5. The molecule has 8 N–H and O–H groups in total. The Morgan fingerprint density at radius 1 is 0.915 bits per heavy atom. The van der Waals surface area contributed by atoms with Gasteiger partial charge in [-0.2, -0.15) is 0 Å². The van der Waals surface area contributed by atoms with Crippen LogP contribution in [0.5, 0.6) is 0 Å². The van der Waals surface area contributed by atoms with E-state index in [1.54, 1.807) is 0 Å². The van der Waals surface area contributed by atoms with Gasteiger partial charge in [0.25, 0.3) is 0 Å². The Balaban J connectivity index is 0.910. The number of rotatable bonds is 10. The van der Waals surface area contributed by atoms with Crippen molar-refractivity contribution in [3.8, 4) is 11.8 Å². The number of nitrogens with two attached hydrogens (primary N) is 1. The average Bonchev–Trinajstić information content (AvgIpc) is 1.51. The lowest BCUT2D eigenvalue weighted by atomic mass is 9.29. The van der Waals surface area contributed by atoms with Gasteiger partial charge in [-0.1, -0.05) is 112 Å². The zero-order valence-corrected chi connectivity index (χ0v) is 49.9. The van der Waals surface area contributed by atoms with Crippen molar-refractivity contribution in [2.45, 2.75) is 217 Å². The molecule has 3 aliphatic heterocycles. The zero-order valence-electron chi connectivity index (χ0n) is 49.9. The van der Waals surface area contributed by atoms with E-state index in [1.165, 1.54) is 48.8 Å². The van der Waals surface area contributed by atoms with Crippen LogP contribution < -0.4 is 11.1 Å². The Kier molecular flexibility index (Phi) is 12.4. The van der Waals surface area contributed by atoms with E-state index in [0.717, 1.165) is 88.2 Å². The summed E-state index contributed by atoms with van der Waals surface area (Å²) in [7, 11) is 0. The summed E-state index contributed by atoms with van der Waals surface area (Å²) < 4.78 is 14.5. The highest BCUT2D eigenvalue weighted by molar-refractivity contribution is 5.96. The largest absolute Gasteiger partial charge is 0.396 e. The Labute approximate surface area is 488 Å². The molecule has 7 saturated carbocycles. The molecule has 3 heterocycles. The van der Waals surface area contributed by atoms with Crippen LogP contribution in [0.25, 0.3) is 0 Å². The molecular weight excluding hydrogens is 1020 g/mol. The number of fused-ring (bicyclic) bond motifs is 5. The van der Waals surface area contributed by atoms with Crippen LogP contribution in [0.3, 0.4) is 0 Å². The smallest absolute Gasteiger partial charge is 0.160 e. The third-order valence-electron chi connectivity index (χ3n) is 28.3. The van der Waals surface area contributed by atoms with E-state index in [2.05, 4.69) is 79.6 Å². The van der Waals surface area contributed by atoms with E-state index in [-0.39, 0.29) is 59.4 Å². The summed E-state index contributed by atoms with van der Waals surface area (Å²) in [5, 5.41) is 67.7. The summed E-state index contributed by atoms with van der Waals surface area (Å²) in [5.74, 6) is 8.08. The van der Waals surface area contributed by atoms with Crippen LogP contribution in [0.2, 0.25) is 0 Å². The van der Waals surface area contributed by atoms with Gasteiger partial charge in [0.2, 0.25) is 0 Å². The van der Waals surface area contributed by atoms with Gasteiger partial charge in [-0.3, -0.25) is 4.79 Å². The monoisotopic (exact) mass is 1120 g/mol. The molecule has 4 bridgehead atoms. The highest BCUT2D eigenvalue weighted by Gasteiger charge is 2.86. The van der Waals surface area contributed by atoms with Gasteiger partial charge in [-0.15, -0.1) is 0 Å². The van der Waals surface area contributed by atoms with Crippen molar-refractivity contribution >= 4 is 5.78 Å². The highest BCUT2D eigenvalue weighted by atomic mass is 16.6. The predicted molar refractivity (Wildman–Crippen MR) is 316 cm³/mol. The first-order valence-corrected chi connectivity index (χ1v) is 33.0. The SMILES string of the molecule is CC1CCOC(C2OC2C(C)(O)C(C)(CO)CCC2=CCNC(N)=C2)(C2CCC3(O)C4=CC(=O)C5C6C=CC78C=C(C9(CO)CCCC9)CC59C4C(CCc4ccccc4CC#CC(C4(CCC5(CCCC5)C4)C7)C89CC6O)CC23C)C1. The number of carbonyl (C=O) groups excluding carboxylic acids is 1. The molecule has 12 aliphatic carbocycles. The van der Waals surface area contributed by atoms with Crippen molar-refractivity contribution in [2.24, 2.45) is 90.5 Å². The van der Waals surface area contributed by atoms with E-state index in [4.69, 9.17) is 15.2 Å². The number of aliphatic hydroxyl groups excluding tert-OH is 3. The number of carbonyl (C=O) groups is 1. The molecule has 9 fully saturated rings. The van der Waals surface area contributed by atoms with Gasteiger partial charge >= 0.3 is 0 Å². The number of benzene rings is 1. The Hall–Kier alpha value is -3.53. The fraction of sp³-hybridized carbons (Fsp3) is 0.736. The first kappa shape index (κ1) is 55.1. The Morgan fingerprint density at radius 2 is 1.70 bits per heavy atom. The highest BCUT2D eigenvalue weighted by Crippen LogP contribution is 2.89. The lowest BCUT2D eigenvalue weighted by molar-refractivity contribution is -0.238. The molecule has 19 atom stereocenters. The summed E-state index contributed by atoms with van der Waals surface area (Å²) in [6, 6.07) is 9.00. The molecule has 442 valence electrons. The molecule has 10 nitrogen and oxygen atoms in total. The van der Waals surface area contributed by atoms with Crippen molar-refractivity contribution in [3.05, 3.63) is 94.4 Å². The van der Waals surface area contributed by atoms with Gasteiger partial charge in [-0.25, -0.2) is 0 Å². The maximum atomic E-state index is 16.6. The molecule has 1 aromatic rings. The molecule has 1 aromatic carbocycles. The number of epoxide rings is 1. The molecular formula is C72H96N2O8. The van der Waals surface area contributed by atoms with Gasteiger partial charge in [0.15, 0.2) is 5.78 Å². The number of ketones is 1. The van der Waals surface area contributed by atoms with Crippen LogP contribution in [-0.4, -0.2) is 92.8 Å². The summed E-state index contributed by atoms with van der Waals surface area (Å²) in [6.07, 6.45) is 33.9. The second-order valence-corrected chi connectivity index (χ2v) is 31.7. The van der Waals surface area contributed by atoms with E-state index >= 15 is 4.79 Å². The number of dihydropyridines is 1. The lowest BCUT2D eigenvalue weighted by Gasteiger charge is -2.73. The molecule has 4 spiro atoms. The molecule has 0 amide bonds. The lowest BCUT2D eigenvalue weighted by Crippen LogP contribution is -2.73. The minimum absolute atomic E-state index is 0.0499. The molecule has 15 aliphatic rings. The fourth-order valence-electron chi connectivity index (χ4n) is 24.4. The number of aliphatic hydroxyl groups is 5. The van der Waals surface area contributed by atoms with Crippen LogP contribution >= 0.6 is 0 Å². The molecule has 82 heavy (non-hydrogen) atoms. The van der Waals surface area contributed by atoms with Crippen molar-refractivity contribution in [1.82, 2.24) is 5.32 Å². The van der Waals surface area contributed by atoms with Gasteiger partial charge in [-0.05, 0) is 203 Å². The molecule has 2 saturated heterocycles. The number of hydrogen-bond acceptors (Lipinski definition) is 10. The van der Waals surface area contributed by atoms with Crippen molar-refractivity contribution in [3.63, 3.8) is 0 Å². The van der Waals surface area contributed by atoms with Crippen molar-refractivity contribution in [2.75, 3.05) is 26.4 Å². The maximum absolute atomic E-state index is 16.6. The second-order valence-electron chi connectivity index (χ2n) is 31.7. The van der Waals surface area contributed by atoms with Gasteiger partial charge < -0.3 is 46.1 Å². The summed E-state index contributed by atoms with van der Waals surface area (Å²) in [4.78, 5) is 16.6. The molecule has 19 unspecified atom stereocenters. The molecule has 10 heteroatoms. The van der Waals surface area contributed by atoms with Crippen LogP contribution in [0.4, 0.5) is 0 Å². The minimum atomic E-state index is -1.43. The maximum Gasteiger partial charge on any atom is 0.160 e. The summed E-state index contributed by atoms with van der Waals surface area (Å²) in [6.45, 7) is 9.60. The zero-order chi connectivity index (χ0) is 56.7. The molecule has 16 rings (SSSR count). The van der Waals surface area contributed by atoms with Crippen molar-refractivity contribution < 1.29 is 39.8 Å². The minimum Gasteiger partial charge on any atom is -0.396 e. The third-order valence-corrected chi connectivity index (χ3v) is 28.3. The standard InChI is InChI=1S/C72H96N2O8/c1-45-22-33-81-70(36-45,61-60(82-61)64(4,79)62(2,43-75)27-18-46-21-32-74-57(73)34-46)55-20-29-72(80)52-35-53(77)59-51-19-28-68-38-50(66(44-76)25-9-10-26-66)39-69(59)58(52)49(37-63(55,72)3)17-16-48-13-6-5-12-47(48)14-11-15-56(71(68,69)40-54(51)78)67(42-68)31-30-65(41-67)23-7-8-24-65/h5-6,12-13,19,21,28,34-35,38,45,49,51,54-56,58-61,74-76,78-80H,7-10,14,16-18,20,22-27,29-33,36-37,39-44,73H2,1-4H3. The van der Waals surface area contributed by atoms with Crippen LogP contribution in [-0.2, 0) is 27.1 Å². The Bertz CT molecular complexity index is 3040. The summed E-state index contributed by atoms with van der Waals surface area (Å²) >= 11 is 0. The van der Waals surface area contributed by atoms with Crippen LogP contribution in [0.1, 0.15) is 180 Å². The number of nitrogens with one attached hydrogen (secondary N) is 1. The van der Waals surface area contributed by atoms with E-state index < -0.39 is 68.1 Å². The first-order chi connectivity index (χ1) is 39.3.